The van der Waals surface area contributed by atoms with Crippen LogP contribution in [-0.4, -0.2) is 78.4 Å². The largest absolute Gasteiger partial charge is 0.377 e. The summed E-state index contributed by atoms with van der Waals surface area (Å²) in [6, 6.07) is -3.25. The molecule has 2 saturated heterocycles. The van der Waals surface area contributed by atoms with Crippen molar-refractivity contribution < 1.29 is 28.7 Å². The molecule has 2 heterocycles. The third-order valence-corrected chi connectivity index (χ3v) is 11.4. The molecule has 0 aromatic carbocycles. The van der Waals surface area contributed by atoms with E-state index in [1.165, 1.54) is 0 Å². The van der Waals surface area contributed by atoms with Gasteiger partial charge in [0.25, 0.3) is 5.91 Å². The number of carbonyl (C=O) groups excluding carboxylic acids is 5. The van der Waals surface area contributed by atoms with E-state index in [1.807, 2.05) is 20.8 Å². The van der Waals surface area contributed by atoms with E-state index in [9.17, 15) is 24.0 Å². The van der Waals surface area contributed by atoms with Crippen molar-refractivity contribution in [2.45, 2.75) is 110 Å². The number of nitrogens with one attached hydrogen (secondary N) is 3. The van der Waals surface area contributed by atoms with Gasteiger partial charge in [0, 0.05) is 12.0 Å². The lowest BCUT2D eigenvalue weighted by atomic mass is 9.73. The van der Waals surface area contributed by atoms with Gasteiger partial charge in [0.15, 0.2) is 0 Å². The van der Waals surface area contributed by atoms with Crippen LogP contribution in [0.2, 0.25) is 0 Å². The Morgan fingerprint density at radius 1 is 1.00 bits per heavy atom. The third-order valence-electron chi connectivity index (χ3n) is 11.4. The highest BCUT2D eigenvalue weighted by atomic mass is 16.5. The van der Waals surface area contributed by atoms with Crippen LogP contribution in [0.1, 0.15) is 86.0 Å². The molecule has 5 aliphatic rings. The van der Waals surface area contributed by atoms with E-state index in [0.29, 0.717) is 32.6 Å². The maximum absolute atomic E-state index is 14.4. The summed E-state index contributed by atoms with van der Waals surface area (Å²) in [7, 11) is 0. The molecule has 5 fully saturated rings. The molecule has 11 nitrogen and oxygen atoms in total. The Morgan fingerprint density at radius 2 is 1.66 bits per heavy atom. The summed E-state index contributed by atoms with van der Waals surface area (Å²) in [5, 5.41) is 8.57. The smallest absolute Gasteiger partial charge is 0.315 e. The summed E-state index contributed by atoms with van der Waals surface area (Å²) in [6.45, 7) is 11.4. The molecule has 5 rings (SSSR count). The first-order chi connectivity index (χ1) is 19.1. The summed E-state index contributed by atoms with van der Waals surface area (Å²) in [5.74, 6) is -2.37. The minimum absolute atomic E-state index is 0.0492. The average Bonchev–Trinajstić information content (AvgIpc) is 3.05. The molecule has 5 N–H and O–H groups in total. The molecule has 1 unspecified atom stereocenters. The highest BCUT2D eigenvalue weighted by Crippen LogP contribution is 2.88. The fourth-order valence-corrected chi connectivity index (χ4v) is 8.29. The van der Waals surface area contributed by atoms with Crippen molar-refractivity contribution >= 4 is 29.5 Å². The van der Waals surface area contributed by atoms with Crippen LogP contribution in [0.5, 0.6) is 0 Å². The van der Waals surface area contributed by atoms with Gasteiger partial charge in [0.2, 0.25) is 17.6 Å². The Hall–Kier alpha value is -2.69. The molecule has 2 spiro atoms. The second kappa shape index (κ2) is 10.2. The molecule has 0 radical (unpaired) electrons. The van der Waals surface area contributed by atoms with Gasteiger partial charge >= 0.3 is 6.03 Å². The van der Waals surface area contributed by atoms with Gasteiger partial charge in [-0.1, -0.05) is 60.3 Å². The van der Waals surface area contributed by atoms with Gasteiger partial charge in [-0.2, -0.15) is 0 Å². The fourth-order valence-electron chi connectivity index (χ4n) is 8.29. The van der Waals surface area contributed by atoms with Gasteiger partial charge in [-0.05, 0) is 47.8 Å². The van der Waals surface area contributed by atoms with Crippen LogP contribution in [0.25, 0.3) is 0 Å². The Bertz CT molecular complexity index is 1120. The van der Waals surface area contributed by atoms with Crippen LogP contribution in [-0.2, 0) is 23.9 Å². The Labute approximate surface area is 242 Å². The third kappa shape index (κ3) is 4.81. The minimum Gasteiger partial charge on any atom is -0.377 e. The van der Waals surface area contributed by atoms with Gasteiger partial charge < -0.3 is 31.3 Å². The van der Waals surface area contributed by atoms with E-state index in [2.05, 4.69) is 29.8 Å². The van der Waals surface area contributed by atoms with E-state index in [0.717, 1.165) is 38.5 Å². The number of Topliss-reactive ketones (excluding diaryl/α,β-unsaturated/α-hetero) is 1. The highest BCUT2D eigenvalue weighted by molar-refractivity contribution is 6.37. The molecule has 3 aliphatic carbocycles. The number of hydrogen-bond acceptors (Lipinski definition) is 6. The van der Waals surface area contributed by atoms with Gasteiger partial charge in [0.05, 0.1) is 25.3 Å². The molecule has 5 amide bonds. The number of ether oxygens (including phenoxy) is 1. The number of amides is 5. The van der Waals surface area contributed by atoms with E-state index in [4.69, 9.17) is 10.5 Å². The number of ketones is 1. The van der Waals surface area contributed by atoms with Gasteiger partial charge in [-0.15, -0.1) is 0 Å². The van der Waals surface area contributed by atoms with Crippen LogP contribution < -0.4 is 21.7 Å². The van der Waals surface area contributed by atoms with Crippen molar-refractivity contribution in [2.75, 3.05) is 19.8 Å². The number of urea groups is 1. The predicted octanol–water partition coefficient (Wildman–Crippen LogP) is 1.63. The quantitative estimate of drug-likeness (QED) is 0.307. The maximum atomic E-state index is 14.4. The Balaban J connectivity index is 1.40. The first kappa shape index (κ1) is 29.8. The van der Waals surface area contributed by atoms with Crippen molar-refractivity contribution in [1.82, 2.24) is 20.9 Å². The van der Waals surface area contributed by atoms with Gasteiger partial charge in [0.1, 0.15) is 12.1 Å². The van der Waals surface area contributed by atoms with Crippen molar-refractivity contribution in [3.8, 4) is 0 Å². The summed E-state index contributed by atoms with van der Waals surface area (Å²) >= 11 is 0. The number of rotatable bonds is 9. The molecule has 41 heavy (non-hydrogen) atoms. The van der Waals surface area contributed by atoms with Crippen LogP contribution in [0.3, 0.4) is 0 Å². The number of likely N-dealkylation sites (tertiary alicyclic amines) is 1. The van der Waals surface area contributed by atoms with Crippen molar-refractivity contribution in [3.63, 3.8) is 0 Å². The molecule has 228 valence electrons. The van der Waals surface area contributed by atoms with Crippen LogP contribution in [0, 0.1) is 27.6 Å². The predicted molar refractivity (Wildman–Crippen MR) is 150 cm³/mol. The van der Waals surface area contributed by atoms with Crippen molar-refractivity contribution in [3.05, 3.63) is 0 Å². The molecule has 4 atom stereocenters. The molecule has 2 aliphatic heterocycles. The summed E-state index contributed by atoms with van der Waals surface area (Å²) in [4.78, 5) is 67.4. The molecular formula is C30H47N5O6. The number of fused-ring (bicyclic) bond motifs is 1. The SMILES string of the molecule is CC(C)(C)[C@H](NC(=O)NC1COC1)C(=O)N1C[C@]2(C[C@H]1C(=O)NC(CC1CCC1)C(=O)C(N)=O)C(C)(C)C21CCC1. The van der Waals surface area contributed by atoms with Crippen LogP contribution >= 0.6 is 0 Å². The van der Waals surface area contributed by atoms with E-state index in [-0.39, 0.29) is 34.1 Å². The normalized spacial score (nSPS) is 29.5. The molecule has 0 aromatic heterocycles. The molecule has 0 bridgehead atoms. The topological polar surface area (TPSA) is 160 Å². The lowest BCUT2D eigenvalue weighted by molar-refractivity contribution is -0.143. The minimum atomic E-state index is -1.07. The van der Waals surface area contributed by atoms with Gasteiger partial charge in [-0.3, -0.25) is 19.2 Å². The van der Waals surface area contributed by atoms with Crippen LogP contribution in [0.15, 0.2) is 0 Å². The molecule has 3 saturated carbocycles. The summed E-state index contributed by atoms with van der Waals surface area (Å²) < 4.78 is 5.14. The second-order valence-corrected chi connectivity index (χ2v) is 14.8. The Morgan fingerprint density at radius 3 is 2.10 bits per heavy atom. The average molecular weight is 574 g/mol. The number of nitrogens with two attached hydrogens (primary N) is 1. The molecule has 0 aromatic rings. The number of hydrogen-bond donors (Lipinski definition) is 4. The lowest BCUT2D eigenvalue weighted by Gasteiger charge is -2.37. The zero-order valence-electron chi connectivity index (χ0n) is 25.1. The summed E-state index contributed by atoms with van der Waals surface area (Å²) in [5.41, 5.74) is 4.52. The standard InChI is InChI=1S/C30H47N5O6/c1-27(2,3)22(34-26(40)32-18-14-41-15-18)25(39)35-16-30(28(4,5)29(30)10-7-11-29)13-20(35)24(38)33-19(21(36)23(31)37)12-17-8-6-9-17/h17-20,22H,6-16H2,1-5H3,(H2,31,37)(H,33,38)(H2,32,34,40)/t19?,20-,22+,30+/m0/s1. The van der Waals surface area contributed by atoms with E-state index < -0.39 is 47.2 Å². The summed E-state index contributed by atoms with van der Waals surface area (Å²) in [6.07, 6.45) is 7.06. The highest BCUT2D eigenvalue weighted by Gasteiger charge is 2.85. The maximum Gasteiger partial charge on any atom is 0.315 e. The second-order valence-electron chi connectivity index (χ2n) is 14.8. The monoisotopic (exact) mass is 573 g/mol. The van der Waals surface area contributed by atoms with Gasteiger partial charge in [-0.25, -0.2) is 4.79 Å². The van der Waals surface area contributed by atoms with Crippen molar-refractivity contribution in [1.29, 1.82) is 0 Å². The zero-order valence-corrected chi connectivity index (χ0v) is 25.1. The van der Waals surface area contributed by atoms with Crippen LogP contribution in [0.4, 0.5) is 4.79 Å². The first-order valence-corrected chi connectivity index (χ1v) is 15.2. The zero-order chi connectivity index (χ0) is 30.0. The number of carbonyl (C=O) groups is 5. The van der Waals surface area contributed by atoms with Crippen molar-refractivity contribution in [2.24, 2.45) is 33.3 Å². The first-order valence-electron chi connectivity index (χ1n) is 15.2. The number of primary amides is 1. The lowest BCUT2D eigenvalue weighted by Crippen LogP contribution is -2.61. The van der Waals surface area contributed by atoms with E-state index >= 15 is 0 Å². The van der Waals surface area contributed by atoms with E-state index in [1.54, 1.807) is 4.90 Å². The fraction of sp³-hybridized carbons (Fsp3) is 0.833. The Kier molecular flexibility index (Phi) is 7.44. The number of nitrogens with zero attached hydrogens (tertiary/aromatic N) is 1. The molecule has 11 heteroatoms. The molecular weight excluding hydrogens is 526 g/mol.